The molecule has 2 aromatic rings. The fourth-order valence-electron chi connectivity index (χ4n) is 1.70. The molecule has 8 heteroatoms. The van der Waals surface area contributed by atoms with Gasteiger partial charge in [-0.25, -0.2) is 17.6 Å². The molecule has 112 valence electrons. The highest BCUT2D eigenvalue weighted by molar-refractivity contribution is 7.94. The molecule has 2 N–H and O–H groups in total. The van der Waals surface area contributed by atoms with Gasteiger partial charge in [-0.1, -0.05) is 6.07 Å². The predicted octanol–water partition coefficient (Wildman–Crippen LogP) is 3.00. The Kier molecular flexibility index (Phi) is 4.02. The number of aromatic carboxylic acids is 1. The van der Waals surface area contributed by atoms with E-state index in [0.29, 0.717) is 22.5 Å². The SMILES string of the molecule is Cc1ccc(F)cc1NS(=O)(=O)c1cc(C)c(C(=O)O)s1. The molecule has 0 fully saturated rings. The summed E-state index contributed by atoms with van der Waals surface area (Å²) in [5.41, 5.74) is 1.05. The number of sulfonamides is 1. The topological polar surface area (TPSA) is 83.5 Å². The van der Waals surface area contributed by atoms with Crippen molar-refractivity contribution in [2.75, 3.05) is 4.72 Å². The number of hydrogen-bond acceptors (Lipinski definition) is 4. The molecule has 0 amide bonds. The fourth-order valence-corrected chi connectivity index (χ4v) is 4.20. The third-order valence-corrected chi connectivity index (χ3v) is 5.86. The van der Waals surface area contributed by atoms with Crippen LogP contribution in [0.2, 0.25) is 0 Å². The van der Waals surface area contributed by atoms with Crippen LogP contribution >= 0.6 is 11.3 Å². The molecular formula is C13H12FNO4S2. The van der Waals surface area contributed by atoms with Gasteiger partial charge in [0.1, 0.15) is 14.9 Å². The van der Waals surface area contributed by atoms with Crippen LogP contribution in [0.15, 0.2) is 28.5 Å². The number of benzene rings is 1. The van der Waals surface area contributed by atoms with Gasteiger partial charge in [0.05, 0.1) is 5.69 Å². The lowest BCUT2D eigenvalue weighted by molar-refractivity contribution is 0.0701. The summed E-state index contributed by atoms with van der Waals surface area (Å²) >= 11 is 0.660. The summed E-state index contributed by atoms with van der Waals surface area (Å²) in [6, 6.07) is 5.04. The van der Waals surface area contributed by atoms with E-state index < -0.39 is 21.8 Å². The lowest BCUT2D eigenvalue weighted by Crippen LogP contribution is -2.12. The van der Waals surface area contributed by atoms with Gasteiger partial charge in [0, 0.05) is 0 Å². The Balaban J connectivity index is 2.41. The molecule has 0 spiro atoms. The van der Waals surface area contributed by atoms with Crippen LogP contribution in [-0.4, -0.2) is 19.5 Å². The van der Waals surface area contributed by atoms with E-state index in [1.807, 2.05) is 0 Å². The van der Waals surface area contributed by atoms with Crippen molar-refractivity contribution in [3.8, 4) is 0 Å². The average Bonchev–Trinajstić information content (AvgIpc) is 2.77. The Hall–Kier alpha value is -1.93. The van der Waals surface area contributed by atoms with Crippen LogP contribution < -0.4 is 4.72 Å². The van der Waals surface area contributed by atoms with Crippen molar-refractivity contribution in [1.29, 1.82) is 0 Å². The summed E-state index contributed by atoms with van der Waals surface area (Å²) in [5, 5.41) is 8.96. The molecule has 0 bridgehead atoms. The maximum Gasteiger partial charge on any atom is 0.346 e. The molecule has 0 saturated heterocycles. The summed E-state index contributed by atoms with van der Waals surface area (Å²) in [6.07, 6.45) is 0. The summed E-state index contributed by atoms with van der Waals surface area (Å²) in [6.45, 7) is 3.16. The molecule has 0 atom stereocenters. The van der Waals surface area contributed by atoms with Gasteiger partial charge in [0.2, 0.25) is 0 Å². The first kappa shape index (κ1) is 15.5. The largest absolute Gasteiger partial charge is 0.477 e. The summed E-state index contributed by atoms with van der Waals surface area (Å²) < 4.78 is 39.8. The van der Waals surface area contributed by atoms with E-state index in [1.54, 1.807) is 6.92 Å². The highest BCUT2D eigenvalue weighted by atomic mass is 32.2. The van der Waals surface area contributed by atoms with Crippen molar-refractivity contribution < 1.29 is 22.7 Å². The van der Waals surface area contributed by atoms with Crippen molar-refractivity contribution in [3.05, 3.63) is 46.1 Å². The monoisotopic (exact) mass is 329 g/mol. The molecular weight excluding hydrogens is 317 g/mol. The van der Waals surface area contributed by atoms with E-state index in [1.165, 1.54) is 25.1 Å². The van der Waals surface area contributed by atoms with Gasteiger partial charge >= 0.3 is 5.97 Å². The van der Waals surface area contributed by atoms with Crippen molar-refractivity contribution in [3.63, 3.8) is 0 Å². The zero-order chi connectivity index (χ0) is 15.8. The highest BCUT2D eigenvalue weighted by Crippen LogP contribution is 2.28. The number of halogens is 1. The van der Waals surface area contributed by atoms with Crippen LogP contribution in [0.3, 0.4) is 0 Å². The smallest absolute Gasteiger partial charge is 0.346 e. The molecule has 1 aromatic heterocycles. The van der Waals surface area contributed by atoms with Crippen LogP contribution in [0, 0.1) is 19.7 Å². The number of aryl methyl sites for hydroxylation is 2. The van der Waals surface area contributed by atoms with Crippen LogP contribution in [0.1, 0.15) is 20.8 Å². The van der Waals surface area contributed by atoms with E-state index in [9.17, 15) is 17.6 Å². The molecule has 5 nitrogen and oxygen atoms in total. The molecule has 21 heavy (non-hydrogen) atoms. The van der Waals surface area contributed by atoms with Gasteiger partial charge in [0.15, 0.2) is 0 Å². The number of carbonyl (C=O) groups is 1. The molecule has 0 unspecified atom stereocenters. The fraction of sp³-hybridized carbons (Fsp3) is 0.154. The first-order valence-corrected chi connectivity index (χ1v) is 8.13. The molecule has 0 saturated carbocycles. The second kappa shape index (κ2) is 5.45. The summed E-state index contributed by atoms with van der Waals surface area (Å²) in [5.74, 6) is -1.74. The maximum absolute atomic E-state index is 13.2. The van der Waals surface area contributed by atoms with Crippen molar-refractivity contribution in [1.82, 2.24) is 0 Å². The van der Waals surface area contributed by atoms with E-state index in [-0.39, 0.29) is 14.8 Å². The van der Waals surface area contributed by atoms with Crippen LogP contribution in [0.4, 0.5) is 10.1 Å². The second-order valence-electron chi connectivity index (χ2n) is 4.45. The van der Waals surface area contributed by atoms with E-state index in [0.717, 1.165) is 6.07 Å². The zero-order valence-corrected chi connectivity index (χ0v) is 12.8. The van der Waals surface area contributed by atoms with Crippen LogP contribution in [0.25, 0.3) is 0 Å². The normalized spacial score (nSPS) is 11.4. The lowest BCUT2D eigenvalue weighted by atomic mass is 10.2. The molecule has 0 aliphatic heterocycles. The van der Waals surface area contributed by atoms with Crippen molar-refractivity contribution in [2.45, 2.75) is 18.1 Å². The van der Waals surface area contributed by atoms with E-state index in [2.05, 4.69) is 4.72 Å². The number of thiophene rings is 1. The van der Waals surface area contributed by atoms with Crippen molar-refractivity contribution >= 4 is 33.0 Å². The molecule has 0 radical (unpaired) electrons. The standard InChI is InChI=1S/C13H12FNO4S2/c1-7-3-4-9(14)6-10(7)15-21(18,19)11-5-8(2)12(20-11)13(16)17/h3-6,15H,1-2H3,(H,16,17). The highest BCUT2D eigenvalue weighted by Gasteiger charge is 2.22. The Morgan fingerprint density at radius 3 is 2.48 bits per heavy atom. The minimum Gasteiger partial charge on any atom is -0.477 e. The quantitative estimate of drug-likeness (QED) is 0.903. The Morgan fingerprint density at radius 1 is 1.24 bits per heavy atom. The number of nitrogens with one attached hydrogen (secondary N) is 1. The molecule has 1 heterocycles. The van der Waals surface area contributed by atoms with Gasteiger partial charge in [-0.05, 0) is 43.2 Å². The van der Waals surface area contributed by atoms with Gasteiger partial charge in [0.25, 0.3) is 10.0 Å². The predicted molar refractivity (Wildman–Crippen MR) is 78.0 cm³/mol. The Labute approximate surface area is 125 Å². The van der Waals surface area contributed by atoms with Gasteiger partial charge in [-0.15, -0.1) is 11.3 Å². The summed E-state index contributed by atoms with van der Waals surface area (Å²) in [7, 11) is -3.95. The maximum atomic E-state index is 13.2. The number of rotatable bonds is 4. The van der Waals surface area contributed by atoms with E-state index in [4.69, 9.17) is 5.11 Å². The lowest BCUT2D eigenvalue weighted by Gasteiger charge is -2.09. The Bertz CT molecular complexity index is 812. The molecule has 0 aliphatic carbocycles. The van der Waals surface area contributed by atoms with Crippen LogP contribution in [0.5, 0.6) is 0 Å². The average molecular weight is 329 g/mol. The molecule has 0 aliphatic rings. The number of carboxylic acid groups (broad SMARTS) is 1. The minimum absolute atomic E-state index is 0.0358. The molecule has 1 aromatic carbocycles. The first-order chi connectivity index (χ1) is 9.70. The van der Waals surface area contributed by atoms with Gasteiger partial charge < -0.3 is 5.11 Å². The van der Waals surface area contributed by atoms with Gasteiger partial charge in [-0.2, -0.15) is 0 Å². The first-order valence-electron chi connectivity index (χ1n) is 5.83. The van der Waals surface area contributed by atoms with Crippen LogP contribution in [-0.2, 0) is 10.0 Å². The number of anilines is 1. The Morgan fingerprint density at radius 2 is 1.90 bits per heavy atom. The second-order valence-corrected chi connectivity index (χ2v) is 7.41. The van der Waals surface area contributed by atoms with E-state index >= 15 is 0 Å². The summed E-state index contributed by atoms with van der Waals surface area (Å²) in [4.78, 5) is 10.9. The number of hydrogen-bond donors (Lipinski definition) is 2. The molecule has 2 rings (SSSR count). The number of carboxylic acids is 1. The van der Waals surface area contributed by atoms with Crippen molar-refractivity contribution in [2.24, 2.45) is 0 Å². The minimum atomic E-state index is -3.95. The third kappa shape index (κ3) is 3.22. The van der Waals surface area contributed by atoms with Gasteiger partial charge in [-0.3, -0.25) is 4.72 Å². The third-order valence-electron chi connectivity index (χ3n) is 2.80. The zero-order valence-electron chi connectivity index (χ0n) is 11.2.